The van der Waals surface area contributed by atoms with E-state index in [1.165, 1.54) is 5.01 Å². The highest BCUT2D eigenvalue weighted by atomic mass is 16.2. The predicted octanol–water partition coefficient (Wildman–Crippen LogP) is 6.32. The molecule has 3 rings (SSSR count). The second-order valence-corrected chi connectivity index (χ2v) is 10.5. The first-order valence-electron chi connectivity index (χ1n) is 11.1. The van der Waals surface area contributed by atoms with Gasteiger partial charge >= 0.3 is 0 Å². The van der Waals surface area contributed by atoms with Gasteiger partial charge < -0.3 is 0 Å². The van der Waals surface area contributed by atoms with Crippen molar-refractivity contribution in [3.63, 3.8) is 0 Å². The van der Waals surface area contributed by atoms with Crippen LogP contribution in [-0.2, 0) is 9.59 Å². The molecular formula is C27H34N2O2. The number of nitrogens with zero attached hydrogens (tertiary/aromatic N) is 2. The summed E-state index contributed by atoms with van der Waals surface area (Å²) >= 11 is 0. The summed E-state index contributed by atoms with van der Waals surface area (Å²) in [5, 5.41) is 6.23. The van der Waals surface area contributed by atoms with Gasteiger partial charge in [-0.3, -0.25) is 9.59 Å². The lowest BCUT2D eigenvalue weighted by molar-refractivity contribution is -0.115. The highest BCUT2D eigenvalue weighted by molar-refractivity contribution is 6.31. The zero-order chi connectivity index (χ0) is 23.1. The number of carbonyl (C=O) groups excluding carboxylic acids is 2. The fourth-order valence-electron chi connectivity index (χ4n) is 3.97. The SMILES string of the molecule is CCCC1=NN(c2cccc(C)c2)C(=O)C1=C1C=C(C(C)(C)C)C(=O)C(C(C)(C)C)=C1. The Balaban J connectivity index is 2.24. The summed E-state index contributed by atoms with van der Waals surface area (Å²) in [6.07, 6.45) is 5.42. The number of hydrogen-bond donors (Lipinski definition) is 0. The van der Waals surface area contributed by atoms with Crippen LogP contribution >= 0.6 is 0 Å². The number of benzene rings is 1. The van der Waals surface area contributed by atoms with Crippen molar-refractivity contribution in [2.75, 3.05) is 5.01 Å². The molecule has 1 aromatic carbocycles. The molecule has 2 aliphatic rings. The van der Waals surface area contributed by atoms with Gasteiger partial charge in [-0.2, -0.15) is 10.1 Å². The Bertz CT molecular complexity index is 1020. The highest BCUT2D eigenvalue weighted by Crippen LogP contribution is 2.40. The van der Waals surface area contributed by atoms with Crippen molar-refractivity contribution < 1.29 is 9.59 Å². The van der Waals surface area contributed by atoms with Crippen molar-refractivity contribution >= 4 is 23.1 Å². The summed E-state index contributed by atoms with van der Waals surface area (Å²) in [6, 6.07) is 7.81. The Kier molecular flexibility index (Phi) is 5.96. The molecule has 0 unspecified atom stereocenters. The van der Waals surface area contributed by atoms with Gasteiger partial charge in [0.05, 0.1) is 17.0 Å². The van der Waals surface area contributed by atoms with Crippen molar-refractivity contribution in [2.45, 2.75) is 68.2 Å². The minimum Gasteiger partial charge on any atom is -0.289 e. The van der Waals surface area contributed by atoms with Gasteiger partial charge in [0.1, 0.15) is 0 Å². The molecule has 0 N–H and O–H groups in total. The number of aryl methyl sites for hydroxylation is 1. The largest absolute Gasteiger partial charge is 0.289 e. The fourth-order valence-corrected chi connectivity index (χ4v) is 3.97. The Morgan fingerprint density at radius 2 is 1.52 bits per heavy atom. The van der Waals surface area contributed by atoms with Gasteiger partial charge in [-0.15, -0.1) is 0 Å². The number of hydrogen-bond acceptors (Lipinski definition) is 3. The maximum absolute atomic E-state index is 13.6. The Morgan fingerprint density at radius 3 is 2.00 bits per heavy atom. The third kappa shape index (κ3) is 4.48. The number of ketones is 1. The van der Waals surface area contributed by atoms with E-state index in [9.17, 15) is 9.59 Å². The van der Waals surface area contributed by atoms with E-state index in [0.29, 0.717) is 12.0 Å². The molecule has 0 aromatic heterocycles. The summed E-state index contributed by atoms with van der Waals surface area (Å²) in [4.78, 5) is 26.9. The lowest BCUT2D eigenvalue weighted by Gasteiger charge is -2.31. The maximum Gasteiger partial charge on any atom is 0.281 e. The standard InChI is InChI=1S/C27H34N2O2/c1-9-11-22-23(25(31)29(28-22)19-13-10-12-17(2)14-19)18-15-20(26(3,4)5)24(30)21(16-18)27(6,7)8/h10,12-16H,9,11H2,1-8H3. The molecule has 1 aliphatic heterocycles. The van der Waals surface area contributed by atoms with Crippen LogP contribution in [0.2, 0.25) is 0 Å². The molecule has 1 aliphatic carbocycles. The fraction of sp³-hybridized carbons (Fsp3) is 0.444. The van der Waals surface area contributed by atoms with Crippen LogP contribution in [0.4, 0.5) is 5.69 Å². The Labute approximate surface area is 186 Å². The third-order valence-electron chi connectivity index (χ3n) is 5.64. The van der Waals surface area contributed by atoms with Gasteiger partial charge in [0.25, 0.3) is 5.91 Å². The van der Waals surface area contributed by atoms with E-state index in [4.69, 9.17) is 5.10 Å². The third-order valence-corrected chi connectivity index (χ3v) is 5.64. The summed E-state index contributed by atoms with van der Waals surface area (Å²) < 4.78 is 0. The van der Waals surface area contributed by atoms with Gasteiger partial charge in [0.2, 0.25) is 0 Å². The molecule has 4 heteroatoms. The first-order chi connectivity index (χ1) is 14.3. The second-order valence-electron chi connectivity index (χ2n) is 10.5. The number of hydrazone groups is 1. The number of rotatable bonds is 3. The average molecular weight is 419 g/mol. The van der Waals surface area contributed by atoms with E-state index in [2.05, 4.69) is 6.92 Å². The normalized spacial score (nSPS) is 17.8. The minimum absolute atomic E-state index is 0.0688. The Morgan fingerprint density at radius 1 is 0.935 bits per heavy atom. The van der Waals surface area contributed by atoms with Crippen molar-refractivity contribution in [2.24, 2.45) is 15.9 Å². The molecule has 0 bridgehead atoms. The van der Waals surface area contributed by atoms with Gasteiger partial charge in [-0.1, -0.05) is 67.0 Å². The van der Waals surface area contributed by atoms with Crippen molar-refractivity contribution in [1.82, 2.24) is 0 Å². The smallest absolute Gasteiger partial charge is 0.281 e. The molecule has 31 heavy (non-hydrogen) atoms. The van der Waals surface area contributed by atoms with Crippen LogP contribution in [0.3, 0.4) is 0 Å². The maximum atomic E-state index is 13.6. The number of allylic oxidation sites excluding steroid dienone is 5. The van der Waals surface area contributed by atoms with Crippen LogP contribution < -0.4 is 5.01 Å². The van der Waals surface area contributed by atoms with Gasteiger partial charge in [0.15, 0.2) is 5.78 Å². The van der Waals surface area contributed by atoms with Crippen LogP contribution in [0, 0.1) is 17.8 Å². The summed E-state index contributed by atoms with van der Waals surface area (Å²) in [5.74, 6) is -0.0632. The number of anilines is 1. The molecular weight excluding hydrogens is 384 g/mol. The predicted molar refractivity (Wildman–Crippen MR) is 128 cm³/mol. The topological polar surface area (TPSA) is 49.7 Å². The van der Waals surface area contributed by atoms with E-state index >= 15 is 0 Å². The van der Waals surface area contributed by atoms with Crippen LogP contribution in [0.25, 0.3) is 0 Å². The second kappa shape index (κ2) is 8.07. The number of Topliss-reactive ketones (excluding diaryl/α,β-unsaturated/α-hetero) is 1. The summed E-state index contributed by atoms with van der Waals surface area (Å²) in [6.45, 7) is 16.3. The number of carbonyl (C=O) groups is 2. The van der Waals surface area contributed by atoms with Gasteiger partial charge in [-0.05, 0) is 59.6 Å². The number of amides is 1. The summed E-state index contributed by atoms with van der Waals surface area (Å²) in [5.41, 5.74) is 4.85. The van der Waals surface area contributed by atoms with Crippen LogP contribution in [0.5, 0.6) is 0 Å². The summed E-state index contributed by atoms with van der Waals surface area (Å²) in [7, 11) is 0. The van der Waals surface area contributed by atoms with Crippen LogP contribution in [0.15, 0.2) is 63.8 Å². The van der Waals surface area contributed by atoms with Gasteiger partial charge in [-0.25, -0.2) is 0 Å². The van der Waals surface area contributed by atoms with E-state index in [0.717, 1.165) is 40.1 Å². The van der Waals surface area contributed by atoms with Crippen molar-refractivity contribution in [3.05, 3.63) is 64.3 Å². The molecule has 0 radical (unpaired) electrons. The molecule has 0 saturated carbocycles. The molecule has 0 spiro atoms. The first kappa shape index (κ1) is 22.9. The lowest BCUT2D eigenvalue weighted by atomic mass is 9.71. The van der Waals surface area contributed by atoms with Crippen molar-refractivity contribution in [1.29, 1.82) is 0 Å². The van der Waals surface area contributed by atoms with Gasteiger partial charge in [0, 0.05) is 11.1 Å². The minimum atomic E-state index is -0.326. The van der Waals surface area contributed by atoms with E-state index in [-0.39, 0.29) is 22.5 Å². The van der Waals surface area contributed by atoms with E-state index < -0.39 is 0 Å². The molecule has 4 nitrogen and oxygen atoms in total. The van der Waals surface area contributed by atoms with E-state index in [1.807, 2.05) is 84.9 Å². The molecule has 0 saturated heterocycles. The molecule has 1 heterocycles. The molecule has 1 aromatic rings. The average Bonchev–Trinajstić information content (AvgIpc) is 2.96. The van der Waals surface area contributed by atoms with Crippen LogP contribution in [-0.4, -0.2) is 17.4 Å². The zero-order valence-corrected chi connectivity index (χ0v) is 20.1. The molecule has 0 atom stereocenters. The quantitative estimate of drug-likeness (QED) is 0.539. The zero-order valence-electron chi connectivity index (χ0n) is 20.1. The molecule has 1 amide bonds. The highest BCUT2D eigenvalue weighted by Gasteiger charge is 2.38. The van der Waals surface area contributed by atoms with Crippen molar-refractivity contribution in [3.8, 4) is 0 Å². The Hall–Kier alpha value is -2.75. The molecule has 164 valence electrons. The molecule has 0 fully saturated rings. The first-order valence-corrected chi connectivity index (χ1v) is 11.1. The van der Waals surface area contributed by atoms with E-state index in [1.54, 1.807) is 0 Å². The van der Waals surface area contributed by atoms with Crippen LogP contribution in [0.1, 0.15) is 66.9 Å². The monoisotopic (exact) mass is 418 g/mol. The lowest BCUT2D eigenvalue weighted by Crippen LogP contribution is -2.29.